The smallest absolute Gasteiger partial charge is 0.137 e. The van der Waals surface area contributed by atoms with Crippen molar-refractivity contribution in [2.75, 3.05) is 7.11 Å². The van der Waals surface area contributed by atoms with Gasteiger partial charge in [-0.2, -0.15) is 0 Å². The van der Waals surface area contributed by atoms with Crippen molar-refractivity contribution in [1.82, 2.24) is 0 Å². The van der Waals surface area contributed by atoms with Crippen molar-refractivity contribution < 1.29 is 4.74 Å². The molecule has 0 heterocycles. The third-order valence-corrected chi connectivity index (χ3v) is 6.62. The minimum absolute atomic E-state index is 0.0540. The molecule has 3 aliphatic carbocycles. The molecule has 5 atom stereocenters. The predicted molar refractivity (Wildman–Crippen MR) is 83.9 cm³/mol. The van der Waals surface area contributed by atoms with Crippen molar-refractivity contribution in [2.24, 2.45) is 35.3 Å². The number of hydrogen-bond donors (Lipinski definition) is 1. The van der Waals surface area contributed by atoms with Gasteiger partial charge in [-0.05, 0) is 76.9 Å². The lowest BCUT2D eigenvalue weighted by atomic mass is 9.93. The van der Waals surface area contributed by atoms with Crippen LogP contribution in [0.15, 0.2) is 16.6 Å². The number of methoxy groups -OCH3 is 1. The van der Waals surface area contributed by atoms with Gasteiger partial charge in [-0.1, -0.05) is 11.6 Å². The summed E-state index contributed by atoms with van der Waals surface area (Å²) in [5.74, 6) is 5.10. The highest BCUT2D eigenvalue weighted by Crippen LogP contribution is 2.72. The Morgan fingerprint density at radius 2 is 1.95 bits per heavy atom. The first kappa shape index (κ1) is 13.4. The van der Waals surface area contributed by atoms with E-state index >= 15 is 0 Å². The Hall–Kier alpha value is -0.250. The maximum atomic E-state index is 6.60. The van der Waals surface area contributed by atoms with Gasteiger partial charge >= 0.3 is 0 Å². The van der Waals surface area contributed by atoms with Crippen LogP contribution in [0.4, 0.5) is 0 Å². The van der Waals surface area contributed by atoms with Gasteiger partial charge in [0.15, 0.2) is 0 Å². The normalized spacial score (nSPS) is 38.7. The zero-order chi connectivity index (χ0) is 14.0. The Labute approximate surface area is 133 Å². The molecule has 0 radical (unpaired) electrons. The Balaban J connectivity index is 1.65. The minimum atomic E-state index is 0.0540. The second kappa shape index (κ2) is 4.62. The van der Waals surface area contributed by atoms with E-state index in [0.29, 0.717) is 5.92 Å². The Morgan fingerprint density at radius 1 is 1.30 bits per heavy atom. The number of benzene rings is 1. The molecule has 108 valence electrons. The van der Waals surface area contributed by atoms with Crippen molar-refractivity contribution in [3.05, 3.63) is 27.2 Å². The van der Waals surface area contributed by atoms with Crippen LogP contribution in [0, 0.1) is 29.6 Å². The molecule has 0 aromatic heterocycles. The predicted octanol–water partition coefficient (Wildman–Crippen LogP) is 4.40. The van der Waals surface area contributed by atoms with E-state index in [1.165, 1.54) is 19.3 Å². The molecule has 4 heteroatoms. The molecular weight excluding hydrogens is 338 g/mol. The van der Waals surface area contributed by atoms with Gasteiger partial charge in [0.2, 0.25) is 0 Å². The van der Waals surface area contributed by atoms with E-state index in [1.807, 2.05) is 12.1 Å². The summed E-state index contributed by atoms with van der Waals surface area (Å²) in [6, 6.07) is 3.90. The summed E-state index contributed by atoms with van der Waals surface area (Å²) >= 11 is 9.73. The molecule has 1 aromatic rings. The lowest BCUT2D eigenvalue weighted by Gasteiger charge is -2.20. The SMILES string of the molecule is COc1c(Br)cc(Cl)cc1C(N)C1C2C3CCC(C3)C21. The van der Waals surface area contributed by atoms with Crippen molar-refractivity contribution in [1.29, 1.82) is 0 Å². The van der Waals surface area contributed by atoms with Crippen LogP contribution in [-0.2, 0) is 0 Å². The second-order valence-electron chi connectivity index (χ2n) is 6.60. The van der Waals surface area contributed by atoms with Crippen LogP contribution in [0.2, 0.25) is 5.02 Å². The average Bonchev–Trinajstić information content (AvgIpc) is 2.84. The van der Waals surface area contributed by atoms with Crippen LogP contribution in [-0.4, -0.2) is 7.11 Å². The van der Waals surface area contributed by atoms with Gasteiger partial charge in [-0.3, -0.25) is 0 Å². The summed E-state index contributed by atoms with van der Waals surface area (Å²) in [7, 11) is 1.70. The summed E-state index contributed by atoms with van der Waals surface area (Å²) < 4.78 is 6.43. The zero-order valence-electron chi connectivity index (χ0n) is 11.5. The van der Waals surface area contributed by atoms with Crippen molar-refractivity contribution in [3.63, 3.8) is 0 Å². The summed E-state index contributed by atoms with van der Waals surface area (Å²) in [6.45, 7) is 0. The Morgan fingerprint density at radius 3 is 2.55 bits per heavy atom. The monoisotopic (exact) mass is 355 g/mol. The highest BCUT2D eigenvalue weighted by atomic mass is 79.9. The molecule has 2 bridgehead atoms. The van der Waals surface area contributed by atoms with Gasteiger partial charge in [0.1, 0.15) is 5.75 Å². The molecule has 3 aliphatic rings. The van der Waals surface area contributed by atoms with Crippen LogP contribution < -0.4 is 10.5 Å². The van der Waals surface area contributed by atoms with E-state index in [1.54, 1.807) is 7.11 Å². The second-order valence-corrected chi connectivity index (χ2v) is 7.89. The van der Waals surface area contributed by atoms with E-state index in [9.17, 15) is 0 Å². The molecule has 2 nitrogen and oxygen atoms in total. The van der Waals surface area contributed by atoms with Crippen LogP contribution in [0.5, 0.6) is 5.75 Å². The third-order valence-electron chi connectivity index (χ3n) is 5.81. The molecule has 5 unspecified atom stereocenters. The molecule has 3 fully saturated rings. The average molecular weight is 357 g/mol. The van der Waals surface area contributed by atoms with E-state index in [2.05, 4.69) is 15.9 Å². The van der Waals surface area contributed by atoms with Crippen molar-refractivity contribution in [3.8, 4) is 5.75 Å². The van der Waals surface area contributed by atoms with Crippen LogP contribution in [0.3, 0.4) is 0 Å². The molecule has 20 heavy (non-hydrogen) atoms. The number of rotatable bonds is 3. The van der Waals surface area contributed by atoms with Gasteiger partial charge in [-0.15, -0.1) is 0 Å². The van der Waals surface area contributed by atoms with Crippen LogP contribution >= 0.6 is 27.5 Å². The van der Waals surface area contributed by atoms with E-state index in [-0.39, 0.29) is 6.04 Å². The van der Waals surface area contributed by atoms with Crippen LogP contribution in [0.1, 0.15) is 30.9 Å². The van der Waals surface area contributed by atoms with Gasteiger partial charge in [0, 0.05) is 16.6 Å². The zero-order valence-corrected chi connectivity index (χ0v) is 13.8. The van der Waals surface area contributed by atoms with Gasteiger partial charge in [0.05, 0.1) is 11.6 Å². The van der Waals surface area contributed by atoms with E-state index in [0.717, 1.165) is 44.5 Å². The number of ether oxygens (including phenoxy) is 1. The van der Waals surface area contributed by atoms with Gasteiger partial charge < -0.3 is 10.5 Å². The fourth-order valence-corrected chi connectivity index (χ4v) is 6.12. The highest BCUT2D eigenvalue weighted by Gasteiger charge is 2.66. The van der Waals surface area contributed by atoms with Crippen molar-refractivity contribution >= 4 is 27.5 Å². The largest absolute Gasteiger partial charge is 0.495 e. The quantitative estimate of drug-likeness (QED) is 0.871. The fraction of sp³-hybridized carbons (Fsp3) is 0.625. The van der Waals surface area contributed by atoms with Crippen molar-refractivity contribution in [2.45, 2.75) is 25.3 Å². The Kier molecular flexibility index (Phi) is 3.10. The maximum Gasteiger partial charge on any atom is 0.137 e. The number of halogens is 2. The van der Waals surface area contributed by atoms with E-state index < -0.39 is 0 Å². The van der Waals surface area contributed by atoms with Crippen LogP contribution in [0.25, 0.3) is 0 Å². The number of fused-ring (bicyclic) bond motifs is 5. The maximum absolute atomic E-state index is 6.60. The fourth-order valence-electron chi connectivity index (χ4n) is 5.12. The van der Waals surface area contributed by atoms with Gasteiger partial charge in [-0.25, -0.2) is 0 Å². The molecular formula is C16H19BrClNO. The molecule has 0 amide bonds. The third kappa shape index (κ3) is 1.79. The number of hydrogen-bond acceptors (Lipinski definition) is 2. The lowest BCUT2D eigenvalue weighted by Crippen LogP contribution is -2.18. The first-order chi connectivity index (χ1) is 9.61. The van der Waals surface area contributed by atoms with E-state index in [4.69, 9.17) is 22.1 Å². The molecule has 0 aliphatic heterocycles. The molecule has 0 saturated heterocycles. The van der Waals surface area contributed by atoms with Gasteiger partial charge in [0.25, 0.3) is 0 Å². The molecule has 4 rings (SSSR count). The highest BCUT2D eigenvalue weighted by molar-refractivity contribution is 9.10. The molecule has 2 N–H and O–H groups in total. The topological polar surface area (TPSA) is 35.2 Å². The first-order valence-corrected chi connectivity index (χ1v) is 8.57. The summed E-state index contributed by atoms with van der Waals surface area (Å²) in [4.78, 5) is 0. The molecule has 0 spiro atoms. The first-order valence-electron chi connectivity index (χ1n) is 7.40. The molecule has 1 aromatic carbocycles. The summed E-state index contributed by atoms with van der Waals surface area (Å²) in [5.41, 5.74) is 7.66. The molecule has 3 saturated carbocycles. The standard InChI is InChI=1S/C16H19BrClNO/c1-20-16-10(5-9(18)6-11(16)17)15(19)14-12-7-2-3-8(4-7)13(12)14/h5-8,12-15H,2-4,19H2,1H3. The summed E-state index contributed by atoms with van der Waals surface area (Å²) in [6.07, 6.45) is 4.30. The minimum Gasteiger partial charge on any atom is -0.495 e. The Bertz CT molecular complexity index is 548. The summed E-state index contributed by atoms with van der Waals surface area (Å²) in [5, 5.41) is 0.719. The lowest BCUT2D eigenvalue weighted by molar-refractivity contribution is 0.382. The number of nitrogens with two attached hydrogens (primary N) is 1.